The van der Waals surface area contributed by atoms with Gasteiger partial charge in [0.25, 0.3) is 0 Å². The predicted octanol–water partition coefficient (Wildman–Crippen LogP) is 2.14. The van der Waals surface area contributed by atoms with Crippen molar-refractivity contribution in [2.75, 3.05) is 38.2 Å². The lowest BCUT2D eigenvalue weighted by molar-refractivity contribution is 0.166. The average molecular weight is 262 g/mol. The molecule has 0 spiro atoms. The van der Waals surface area contributed by atoms with Gasteiger partial charge in [-0.3, -0.25) is 4.90 Å². The van der Waals surface area contributed by atoms with Crippen molar-refractivity contribution in [3.05, 3.63) is 29.8 Å². The summed E-state index contributed by atoms with van der Waals surface area (Å²) in [6.07, 6.45) is 3.56. The zero-order valence-electron chi connectivity index (χ0n) is 12.2. The van der Waals surface area contributed by atoms with E-state index in [0.29, 0.717) is 6.04 Å². The monoisotopic (exact) mass is 262 g/mol. The van der Waals surface area contributed by atoms with Crippen LogP contribution in [0.4, 0.5) is 5.69 Å². The first kappa shape index (κ1) is 14.4. The number of benzene rings is 1. The molecule has 1 aliphatic rings. The Morgan fingerprint density at radius 3 is 2.89 bits per heavy atom. The smallest absolute Gasteiger partial charge is 0.0558 e. The van der Waals surface area contributed by atoms with Crippen LogP contribution in [0.15, 0.2) is 24.3 Å². The number of hydrogen-bond donors (Lipinski definition) is 1. The summed E-state index contributed by atoms with van der Waals surface area (Å²) in [5.41, 5.74) is 2.83. The number of aliphatic hydroxyl groups excluding tert-OH is 1. The van der Waals surface area contributed by atoms with E-state index < -0.39 is 0 Å². The standard InChI is InChI=1S/C16H26N2O/c1-3-14-7-4-5-9-16(14)18-10-6-8-15(13-18)17(2)11-12-19/h4-5,7,9,15,19H,3,6,8,10-13H2,1-2H3. The zero-order valence-corrected chi connectivity index (χ0v) is 12.2. The summed E-state index contributed by atoms with van der Waals surface area (Å²) in [6, 6.07) is 9.30. The number of piperidine rings is 1. The predicted molar refractivity (Wildman–Crippen MR) is 80.8 cm³/mol. The summed E-state index contributed by atoms with van der Waals surface area (Å²) in [4.78, 5) is 4.81. The maximum Gasteiger partial charge on any atom is 0.0558 e. The quantitative estimate of drug-likeness (QED) is 0.881. The van der Waals surface area contributed by atoms with Crippen LogP contribution in [-0.2, 0) is 6.42 Å². The van der Waals surface area contributed by atoms with E-state index in [1.165, 1.54) is 24.1 Å². The van der Waals surface area contributed by atoms with Crippen LogP contribution >= 0.6 is 0 Å². The van der Waals surface area contributed by atoms with Gasteiger partial charge in [0.05, 0.1) is 6.61 Å². The zero-order chi connectivity index (χ0) is 13.7. The van der Waals surface area contributed by atoms with Crippen molar-refractivity contribution >= 4 is 5.69 Å². The van der Waals surface area contributed by atoms with Crippen LogP contribution in [0, 0.1) is 0 Å². The lowest BCUT2D eigenvalue weighted by atomic mass is 10.0. The van der Waals surface area contributed by atoms with Crippen molar-refractivity contribution < 1.29 is 5.11 Å². The lowest BCUT2D eigenvalue weighted by Crippen LogP contribution is -2.47. The minimum atomic E-state index is 0.249. The molecule has 1 atom stereocenters. The maximum absolute atomic E-state index is 9.08. The molecule has 0 bridgehead atoms. The number of likely N-dealkylation sites (N-methyl/N-ethyl adjacent to an activating group) is 1. The van der Waals surface area contributed by atoms with Gasteiger partial charge in [-0.25, -0.2) is 0 Å². The van der Waals surface area contributed by atoms with Gasteiger partial charge in [-0.05, 0) is 37.9 Å². The largest absolute Gasteiger partial charge is 0.395 e. The van der Waals surface area contributed by atoms with Gasteiger partial charge in [0, 0.05) is 31.4 Å². The summed E-state index contributed by atoms with van der Waals surface area (Å²) in [6.45, 7) is 5.47. The summed E-state index contributed by atoms with van der Waals surface area (Å²) < 4.78 is 0. The molecule has 1 unspecified atom stereocenters. The Balaban J connectivity index is 2.08. The Morgan fingerprint density at radius 1 is 1.37 bits per heavy atom. The Labute approximate surface area is 116 Å². The number of nitrogens with zero attached hydrogens (tertiary/aromatic N) is 2. The fourth-order valence-electron chi connectivity index (χ4n) is 2.99. The molecule has 1 aromatic carbocycles. The van der Waals surface area contributed by atoms with Crippen LogP contribution in [0.1, 0.15) is 25.3 Å². The number of rotatable bonds is 5. The molecule has 2 rings (SSSR count). The fourth-order valence-corrected chi connectivity index (χ4v) is 2.99. The Morgan fingerprint density at radius 2 is 2.16 bits per heavy atom. The van der Waals surface area contributed by atoms with E-state index in [9.17, 15) is 0 Å². The lowest BCUT2D eigenvalue weighted by Gasteiger charge is -2.39. The van der Waals surface area contributed by atoms with E-state index in [4.69, 9.17) is 5.11 Å². The van der Waals surface area contributed by atoms with Crippen molar-refractivity contribution in [3.63, 3.8) is 0 Å². The second kappa shape index (κ2) is 6.92. The molecular formula is C16H26N2O. The van der Waals surface area contributed by atoms with E-state index >= 15 is 0 Å². The first-order valence-electron chi connectivity index (χ1n) is 7.40. The van der Waals surface area contributed by atoms with Gasteiger partial charge in [0.1, 0.15) is 0 Å². The number of aliphatic hydroxyl groups is 1. The highest BCUT2D eigenvalue weighted by Crippen LogP contribution is 2.25. The van der Waals surface area contributed by atoms with Crippen LogP contribution in [0.2, 0.25) is 0 Å². The summed E-state index contributed by atoms with van der Waals surface area (Å²) in [5, 5.41) is 9.08. The summed E-state index contributed by atoms with van der Waals surface area (Å²) >= 11 is 0. The van der Waals surface area contributed by atoms with Gasteiger partial charge >= 0.3 is 0 Å². The van der Waals surface area contributed by atoms with Gasteiger partial charge < -0.3 is 10.0 Å². The van der Waals surface area contributed by atoms with Crippen LogP contribution in [0.3, 0.4) is 0 Å². The first-order chi connectivity index (χ1) is 9.26. The van der Waals surface area contributed by atoms with Gasteiger partial charge in [-0.2, -0.15) is 0 Å². The highest BCUT2D eigenvalue weighted by molar-refractivity contribution is 5.54. The third-order valence-electron chi connectivity index (χ3n) is 4.19. The molecule has 1 saturated heterocycles. The molecule has 0 amide bonds. The SMILES string of the molecule is CCc1ccccc1N1CCCC(N(C)CCO)C1. The second-order valence-corrected chi connectivity index (χ2v) is 5.43. The maximum atomic E-state index is 9.08. The third kappa shape index (κ3) is 3.48. The molecule has 19 heavy (non-hydrogen) atoms. The van der Waals surface area contributed by atoms with E-state index in [1.807, 2.05) is 0 Å². The molecule has 1 aliphatic heterocycles. The highest BCUT2D eigenvalue weighted by atomic mass is 16.3. The molecule has 0 aliphatic carbocycles. The first-order valence-corrected chi connectivity index (χ1v) is 7.40. The minimum absolute atomic E-state index is 0.249. The number of para-hydroxylation sites is 1. The highest BCUT2D eigenvalue weighted by Gasteiger charge is 2.23. The van der Waals surface area contributed by atoms with Crippen molar-refractivity contribution in [1.82, 2.24) is 4.90 Å². The van der Waals surface area contributed by atoms with Gasteiger partial charge in [-0.1, -0.05) is 25.1 Å². The van der Waals surface area contributed by atoms with E-state index in [2.05, 4.69) is 48.0 Å². The number of aryl methyl sites for hydroxylation is 1. The number of anilines is 1. The molecule has 0 aromatic heterocycles. The van der Waals surface area contributed by atoms with E-state index in [-0.39, 0.29) is 6.61 Å². The Kier molecular flexibility index (Phi) is 5.23. The topological polar surface area (TPSA) is 26.7 Å². The number of hydrogen-bond acceptors (Lipinski definition) is 3. The van der Waals surface area contributed by atoms with Crippen molar-refractivity contribution in [3.8, 4) is 0 Å². The van der Waals surface area contributed by atoms with Crippen molar-refractivity contribution in [1.29, 1.82) is 0 Å². The molecule has 1 heterocycles. The fraction of sp³-hybridized carbons (Fsp3) is 0.625. The molecular weight excluding hydrogens is 236 g/mol. The molecule has 1 N–H and O–H groups in total. The van der Waals surface area contributed by atoms with Crippen LogP contribution in [0.25, 0.3) is 0 Å². The molecule has 1 aromatic rings. The normalized spacial score (nSPS) is 20.0. The molecule has 3 heteroatoms. The van der Waals surface area contributed by atoms with Crippen LogP contribution < -0.4 is 4.90 Å². The third-order valence-corrected chi connectivity index (χ3v) is 4.19. The molecule has 0 radical (unpaired) electrons. The molecule has 0 saturated carbocycles. The Hall–Kier alpha value is -1.06. The summed E-state index contributed by atoms with van der Waals surface area (Å²) in [7, 11) is 2.12. The van der Waals surface area contributed by atoms with Gasteiger partial charge in [-0.15, -0.1) is 0 Å². The van der Waals surface area contributed by atoms with Gasteiger partial charge in [0.2, 0.25) is 0 Å². The van der Waals surface area contributed by atoms with Crippen molar-refractivity contribution in [2.45, 2.75) is 32.2 Å². The van der Waals surface area contributed by atoms with Gasteiger partial charge in [0.15, 0.2) is 0 Å². The van der Waals surface area contributed by atoms with E-state index in [1.54, 1.807) is 0 Å². The molecule has 3 nitrogen and oxygen atoms in total. The van der Waals surface area contributed by atoms with Crippen LogP contribution in [0.5, 0.6) is 0 Å². The molecule has 1 fully saturated rings. The Bertz CT molecular complexity index is 394. The second-order valence-electron chi connectivity index (χ2n) is 5.43. The minimum Gasteiger partial charge on any atom is -0.395 e. The van der Waals surface area contributed by atoms with E-state index in [0.717, 1.165) is 26.1 Å². The molecule has 106 valence electrons. The van der Waals surface area contributed by atoms with Crippen LogP contribution in [-0.4, -0.2) is 49.3 Å². The van der Waals surface area contributed by atoms with Crippen molar-refractivity contribution in [2.24, 2.45) is 0 Å². The summed E-state index contributed by atoms with van der Waals surface area (Å²) in [5.74, 6) is 0. The average Bonchev–Trinajstić information content (AvgIpc) is 2.47.